The highest BCUT2D eigenvalue weighted by Crippen LogP contribution is 2.24. The number of amides is 1. The minimum Gasteiger partial charge on any atom is -0.315 e. The lowest BCUT2D eigenvalue weighted by Gasteiger charge is -2.09. The van der Waals surface area contributed by atoms with Gasteiger partial charge in [-0.2, -0.15) is 18.3 Å². The number of benzene rings is 1. The molecule has 0 saturated heterocycles. The Hall–Kier alpha value is -2.38. The van der Waals surface area contributed by atoms with Crippen molar-refractivity contribution < 1.29 is 22.4 Å². The van der Waals surface area contributed by atoms with E-state index < -0.39 is 17.9 Å². The Labute approximate surface area is 123 Å². The molecule has 0 bridgehead atoms. The molecule has 4 nitrogen and oxygen atoms in total. The summed E-state index contributed by atoms with van der Waals surface area (Å²) in [6.07, 6.45) is -4.97. The minimum absolute atomic E-state index is 0.0127. The third kappa shape index (κ3) is 3.44. The van der Waals surface area contributed by atoms with Crippen LogP contribution in [-0.4, -0.2) is 21.9 Å². The summed E-state index contributed by atoms with van der Waals surface area (Å²) in [6.45, 7) is 3.21. The Bertz CT molecular complexity index is 707. The van der Waals surface area contributed by atoms with Gasteiger partial charge in [-0.25, -0.2) is 4.39 Å². The molecule has 0 fully saturated rings. The van der Waals surface area contributed by atoms with Gasteiger partial charge < -0.3 is 5.32 Å². The van der Waals surface area contributed by atoms with Crippen molar-refractivity contribution in [3.8, 4) is 0 Å². The van der Waals surface area contributed by atoms with E-state index in [1.165, 1.54) is 36.7 Å². The van der Waals surface area contributed by atoms with Gasteiger partial charge in [0.2, 0.25) is 0 Å². The van der Waals surface area contributed by atoms with E-state index in [1.54, 1.807) is 6.07 Å². The maximum atomic E-state index is 13.1. The van der Waals surface area contributed by atoms with Crippen LogP contribution in [0.25, 0.3) is 0 Å². The highest BCUT2D eigenvalue weighted by molar-refractivity contribution is 5.95. The highest BCUT2D eigenvalue weighted by atomic mass is 19.4. The Morgan fingerprint density at radius 3 is 2.59 bits per heavy atom. The van der Waals surface area contributed by atoms with Crippen LogP contribution in [0.15, 0.2) is 24.3 Å². The molecule has 0 aliphatic heterocycles. The van der Waals surface area contributed by atoms with Crippen molar-refractivity contribution in [1.82, 2.24) is 9.78 Å². The molecule has 8 heteroatoms. The lowest BCUT2D eigenvalue weighted by atomic mass is 10.2. The van der Waals surface area contributed by atoms with Crippen LogP contribution >= 0.6 is 0 Å². The summed E-state index contributed by atoms with van der Waals surface area (Å²) in [5.41, 5.74) is 1.24. The van der Waals surface area contributed by atoms with Crippen LogP contribution in [-0.2, 0) is 11.3 Å². The molecule has 2 aromatic rings. The average molecular weight is 315 g/mol. The third-order valence-corrected chi connectivity index (χ3v) is 3.10. The van der Waals surface area contributed by atoms with Crippen LogP contribution in [0, 0.1) is 19.7 Å². The van der Waals surface area contributed by atoms with Crippen molar-refractivity contribution in [2.24, 2.45) is 0 Å². The smallest absolute Gasteiger partial charge is 0.315 e. The van der Waals surface area contributed by atoms with E-state index in [4.69, 9.17) is 0 Å². The third-order valence-electron chi connectivity index (χ3n) is 3.10. The molecule has 0 atom stereocenters. The molecule has 0 unspecified atom stereocenters. The zero-order valence-corrected chi connectivity index (χ0v) is 11.8. The second-order valence-corrected chi connectivity index (χ2v) is 4.79. The summed E-state index contributed by atoms with van der Waals surface area (Å²) in [4.78, 5) is 11.0. The number of hydrogen-bond acceptors (Lipinski definition) is 2. The second kappa shape index (κ2) is 5.78. The summed E-state index contributed by atoms with van der Waals surface area (Å²) in [5.74, 6) is -2.46. The zero-order chi connectivity index (χ0) is 16.5. The lowest BCUT2D eigenvalue weighted by molar-refractivity contribution is -0.167. The molecule has 22 heavy (non-hydrogen) atoms. The lowest BCUT2D eigenvalue weighted by Crippen LogP contribution is -2.30. The molecule has 0 aliphatic carbocycles. The largest absolute Gasteiger partial charge is 0.471 e. The van der Waals surface area contributed by atoms with Gasteiger partial charge >= 0.3 is 12.1 Å². The van der Waals surface area contributed by atoms with Crippen LogP contribution in [0.1, 0.15) is 17.0 Å². The van der Waals surface area contributed by atoms with Crippen LogP contribution in [0.3, 0.4) is 0 Å². The summed E-state index contributed by atoms with van der Waals surface area (Å²) >= 11 is 0. The molecule has 1 aromatic carbocycles. The number of nitrogens with zero attached hydrogens (tertiary/aromatic N) is 2. The predicted molar refractivity (Wildman–Crippen MR) is 71.9 cm³/mol. The summed E-state index contributed by atoms with van der Waals surface area (Å²) in [5, 5.41) is 5.90. The fourth-order valence-corrected chi connectivity index (χ4v) is 2.02. The number of aromatic nitrogens is 2. The Morgan fingerprint density at radius 2 is 2.00 bits per heavy atom. The second-order valence-electron chi connectivity index (χ2n) is 4.79. The van der Waals surface area contributed by atoms with Crippen LogP contribution in [0.5, 0.6) is 0 Å². The quantitative estimate of drug-likeness (QED) is 0.884. The first-order valence-corrected chi connectivity index (χ1v) is 6.35. The van der Waals surface area contributed by atoms with Gasteiger partial charge in [-0.1, -0.05) is 12.1 Å². The first kappa shape index (κ1) is 16.0. The van der Waals surface area contributed by atoms with Gasteiger partial charge in [-0.15, -0.1) is 0 Å². The molecule has 118 valence electrons. The van der Waals surface area contributed by atoms with Gasteiger partial charge in [0.1, 0.15) is 5.82 Å². The van der Waals surface area contributed by atoms with Crippen LogP contribution in [0.4, 0.5) is 23.2 Å². The van der Waals surface area contributed by atoms with Crippen LogP contribution in [0.2, 0.25) is 0 Å². The standard InChI is InChI=1S/C14H13F4N3O/c1-8-12(19-13(22)14(16,17)18)9(2)21(20-8)7-10-4-3-5-11(15)6-10/h3-6H,7H2,1-2H3,(H,19,22). The van der Waals surface area contributed by atoms with Gasteiger partial charge in [0, 0.05) is 0 Å². The van der Waals surface area contributed by atoms with E-state index in [9.17, 15) is 22.4 Å². The van der Waals surface area contributed by atoms with E-state index in [2.05, 4.69) is 5.10 Å². The maximum absolute atomic E-state index is 13.1. The minimum atomic E-state index is -4.97. The molecular formula is C14H13F4N3O. The van der Waals surface area contributed by atoms with Gasteiger partial charge in [-0.05, 0) is 31.5 Å². The van der Waals surface area contributed by atoms with E-state index in [-0.39, 0.29) is 17.9 Å². The van der Waals surface area contributed by atoms with E-state index in [0.29, 0.717) is 11.3 Å². The molecule has 1 heterocycles. The van der Waals surface area contributed by atoms with E-state index in [1.807, 2.05) is 5.32 Å². The number of alkyl halides is 3. The fourth-order valence-electron chi connectivity index (χ4n) is 2.02. The van der Waals surface area contributed by atoms with Gasteiger partial charge in [-0.3, -0.25) is 9.48 Å². The SMILES string of the molecule is Cc1nn(Cc2cccc(F)c2)c(C)c1NC(=O)C(F)(F)F. The monoisotopic (exact) mass is 315 g/mol. The van der Waals surface area contributed by atoms with Gasteiger partial charge in [0.15, 0.2) is 0 Å². The normalized spacial score (nSPS) is 11.5. The van der Waals surface area contributed by atoms with E-state index >= 15 is 0 Å². The first-order valence-electron chi connectivity index (χ1n) is 6.35. The van der Waals surface area contributed by atoms with E-state index in [0.717, 1.165) is 0 Å². The number of anilines is 1. The number of halogens is 4. The molecular weight excluding hydrogens is 302 g/mol. The van der Waals surface area contributed by atoms with Gasteiger partial charge in [0.25, 0.3) is 0 Å². The topological polar surface area (TPSA) is 46.9 Å². The van der Waals surface area contributed by atoms with Gasteiger partial charge in [0.05, 0.1) is 23.6 Å². The molecule has 0 spiro atoms. The fraction of sp³-hybridized carbons (Fsp3) is 0.286. The molecule has 0 saturated carbocycles. The first-order chi connectivity index (χ1) is 10.2. The molecule has 0 aliphatic rings. The van der Waals surface area contributed by atoms with Crippen LogP contribution < -0.4 is 5.32 Å². The summed E-state index contributed by atoms with van der Waals surface area (Å²) in [6, 6.07) is 5.81. The van der Waals surface area contributed by atoms with Crippen molar-refractivity contribution in [3.05, 3.63) is 47.0 Å². The number of hydrogen-bond donors (Lipinski definition) is 1. The Balaban J connectivity index is 2.25. The zero-order valence-electron chi connectivity index (χ0n) is 11.8. The molecule has 2 rings (SSSR count). The highest BCUT2D eigenvalue weighted by Gasteiger charge is 2.39. The molecule has 1 aromatic heterocycles. The average Bonchev–Trinajstić information content (AvgIpc) is 2.65. The number of nitrogens with one attached hydrogen (secondary N) is 1. The van der Waals surface area contributed by atoms with Crippen molar-refractivity contribution in [3.63, 3.8) is 0 Å². The molecule has 0 radical (unpaired) electrons. The number of rotatable bonds is 3. The Kier molecular flexibility index (Phi) is 4.20. The van der Waals surface area contributed by atoms with Crippen molar-refractivity contribution in [2.75, 3.05) is 5.32 Å². The number of aryl methyl sites for hydroxylation is 1. The van der Waals surface area contributed by atoms with Crippen molar-refractivity contribution >= 4 is 11.6 Å². The molecule has 1 amide bonds. The Morgan fingerprint density at radius 1 is 1.32 bits per heavy atom. The maximum Gasteiger partial charge on any atom is 0.471 e. The number of carbonyl (C=O) groups excluding carboxylic acids is 1. The molecule has 1 N–H and O–H groups in total. The summed E-state index contributed by atoms with van der Waals surface area (Å²) < 4.78 is 51.5. The van der Waals surface area contributed by atoms with Crippen molar-refractivity contribution in [1.29, 1.82) is 0 Å². The predicted octanol–water partition coefficient (Wildman–Crippen LogP) is 3.19. The number of carbonyl (C=O) groups is 1. The summed E-state index contributed by atoms with van der Waals surface area (Å²) in [7, 11) is 0. The van der Waals surface area contributed by atoms with Crippen molar-refractivity contribution in [2.45, 2.75) is 26.6 Å².